The fourth-order valence-corrected chi connectivity index (χ4v) is 1.79. The van der Waals surface area contributed by atoms with Crippen molar-refractivity contribution in [1.82, 2.24) is 4.72 Å². The molecule has 14 heavy (non-hydrogen) atoms. The van der Waals surface area contributed by atoms with Crippen LogP contribution in [-0.4, -0.2) is 14.7 Å². The molecular weight excluding hydrogens is 222 g/mol. The summed E-state index contributed by atoms with van der Waals surface area (Å²) in [6.07, 6.45) is 1.12. The van der Waals surface area contributed by atoms with Gasteiger partial charge in [-0.25, -0.2) is 13.1 Å². The van der Waals surface area contributed by atoms with Crippen molar-refractivity contribution in [3.63, 3.8) is 0 Å². The van der Waals surface area contributed by atoms with E-state index in [1.165, 1.54) is 0 Å². The van der Waals surface area contributed by atoms with Crippen LogP contribution in [0.1, 0.15) is 11.1 Å². The lowest BCUT2D eigenvalue weighted by atomic mass is 10.1. The van der Waals surface area contributed by atoms with Crippen LogP contribution in [0.5, 0.6) is 0 Å². The zero-order valence-electron chi connectivity index (χ0n) is 8.04. The minimum absolute atomic E-state index is 0.240. The molecule has 0 radical (unpaired) electrons. The first kappa shape index (κ1) is 11.5. The Balaban J connectivity index is 2.87. The first-order valence-electron chi connectivity index (χ1n) is 4.09. The molecule has 1 N–H and O–H groups in total. The Morgan fingerprint density at radius 3 is 2.57 bits per heavy atom. The van der Waals surface area contributed by atoms with E-state index in [1.54, 1.807) is 6.07 Å². The van der Waals surface area contributed by atoms with Crippen LogP contribution >= 0.6 is 11.6 Å². The summed E-state index contributed by atoms with van der Waals surface area (Å²) in [6.45, 7) is 2.13. The van der Waals surface area contributed by atoms with E-state index in [4.69, 9.17) is 11.6 Å². The van der Waals surface area contributed by atoms with E-state index in [9.17, 15) is 8.42 Å². The molecule has 78 valence electrons. The van der Waals surface area contributed by atoms with E-state index in [0.29, 0.717) is 5.02 Å². The number of hydrogen-bond donors (Lipinski definition) is 1. The van der Waals surface area contributed by atoms with E-state index >= 15 is 0 Å². The lowest BCUT2D eigenvalue weighted by Gasteiger charge is -2.07. The number of hydrogen-bond acceptors (Lipinski definition) is 2. The van der Waals surface area contributed by atoms with Crippen molar-refractivity contribution in [2.45, 2.75) is 13.5 Å². The first-order valence-corrected chi connectivity index (χ1v) is 6.36. The fourth-order valence-electron chi connectivity index (χ4n) is 1.09. The van der Waals surface area contributed by atoms with Gasteiger partial charge >= 0.3 is 0 Å². The molecule has 0 unspecified atom stereocenters. The number of rotatable bonds is 3. The fraction of sp³-hybridized carbons (Fsp3) is 0.333. The van der Waals surface area contributed by atoms with Gasteiger partial charge in [0, 0.05) is 11.6 Å². The van der Waals surface area contributed by atoms with Gasteiger partial charge in [0.2, 0.25) is 10.0 Å². The van der Waals surface area contributed by atoms with Crippen LogP contribution in [0.25, 0.3) is 0 Å². The second kappa shape index (κ2) is 4.29. The Hall–Kier alpha value is -0.580. The molecule has 0 aliphatic carbocycles. The zero-order valence-corrected chi connectivity index (χ0v) is 9.61. The van der Waals surface area contributed by atoms with Gasteiger partial charge in [-0.05, 0) is 24.1 Å². The predicted molar refractivity (Wildman–Crippen MR) is 57.9 cm³/mol. The predicted octanol–water partition coefficient (Wildman–Crippen LogP) is 1.70. The minimum Gasteiger partial charge on any atom is -0.213 e. The highest BCUT2D eigenvalue weighted by molar-refractivity contribution is 7.88. The van der Waals surface area contributed by atoms with Gasteiger partial charge in [-0.1, -0.05) is 23.7 Å². The summed E-state index contributed by atoms with van der Waals surface area (Å²) in [4.78, 5) is 0. The van der Waals surface area contributed by atoms with Crippen LogP contribution < -0.4 is 4.72 Å². The van der Waals surface area contributed by atoms with Crippen LogP contribution in [0.4, 0.5) is 0 Å². The van der Waals surface area contributed by atoms with Crippen molar-refractivity contribution in [2.24, 2.45) is 0 Å². The van der Waals surface area contributed by atoms with Crippen LogP contribution in [0.15, 0.2) is 18.2 Å². The quantitative estimate of drug-likeness (QED) is 0.864. The van der Waals surface area contributed by atoms with Gasteiger partial charge in [-0.3, -0.25) is 0 Å². The van der Waals surface area contributed by atoms with Crippen molar-refractivity contribution in [3.05, 3.63) is 34.3 Å². The molecular formula is C9H12ClNO2S. The molecule has 0 heterocycles. The van der Waals surface area contributed by atoms with E-state index in [0.717, 1.165) is 17.4 Å². The third kappa shape index (κ3) is 3.29. The largest absolute Gasteiger partial charge is 0.213 e. The Kier molecular flexibility index (Phi) is 3.53. The van der Waals surface area contributed by atoms with Crippen molar-refractivity contribution >= 4 is 21.6 Å². The Morgan fingerprint density at radius 2 is 2.07 bits per heavy atom. The van der Waals surface area contributed by atoms with Crippen LogP contribution in [0, 0.1) is 6.92 Å². The molecule has 5 heteroatoms. The summed E-state index contributed by atoms with van der Waals surface area (Å²) in [7, 11) is -3.16. The molecule has 1 aromatic rings. The van der Waals surface area contributed by atoms with Gasteiger partial charge < -0.3 is 0 Å². The average molecular weight is 234 g/mol. The lowest BCUT2D eigenvalue weighted by Crippen LogP contribution is -2.21. The average Bonchev–Trinajstić information content (AvgIpc) is 2.01. The smallest absolute Gasteiger partial charge is 0.209 e. The maximum absolute atomic E-state index is 10.9. The Bertz CT molecular complexity index is 408. The maximum atomic E-state index is 10.9. The molecule has 0 aromatic heterocycles. The lowest BCUT2D eigenvalue weighted by molar-refractivity contribution is 0.587. The number of sulfonamides is 1. The number of nitrogens with one attached hydrogen (secondary N) is 1. The summed E-state index contributed by atoms with van der Waals surface area (Å²) in [5.74, 6) is 0. The summed E-state index contributed by atoms with van der Waals surface area (Å²) < 4.78 is 24.2. The molecule has 3 nitrogen and oxygen atoms in total. The summed E-state index contributed by atoms with van der Waals surface area (Å²) in [6, 6.07) is 5.47. The minimum atomic E-state index is -3.16. The zero-order chi connectivity index (χ0) is 10.8. The van der Waals surface area contributed by atoms with Crippen LogP contribution in [0.3, 0.4) is 0 Å². The van der Waals surface area contributed by atoms with Crippen molar-refractivity contribution in [2.75, 3.05) is 6.26 Å². The SMILES string of the molecule is Cc1cccc(Cl)c1CNS(C)(=O)=O. The summed E-state index contributed by atoms with van der Waals surface area (Å²) in [5, 5.41) is 0.584. The molecule has 0 saturated carbocycles. The van der Waals surface area contributed by atoms with E-state index in [1.807, 2.05) is 19.1 Å². The second-order valence-corrected chi connectivity index (χ2v) is 5.37. The van der Waals surface area contributed by atoms with Crippen LogP contribution in [0.2, 0.25) is 5.02 Å². The van der Waals surface area contributed by atoms with Gasteiger partial charge in [-0.2, -0.15) is 0 Å². The molecule has 0 atom stereocenters. The van der Waals surface area contributed by atoms with Gasteiger partial charge in [0.15, 0.2) is 0 Å². The van der Waals surface area contributed by atoms with Crippen molar-refractivity contribution in [3.8, 4) is 0 Å². The highest BCUT2D eigenvalue weighted by atomic mass is 35.5. The van der Waals surface area contributed by atoms with E-state index in [2.05, 4.69) is 4.72 Å². The molecule has 0 fully saturated rings. The van der Waals surface area contributed by atoms with Gasteiger partial charge in [0.25, 0.3) is 0 Å². The highest BCUT2D eigenvalue weighted by Gasteiger charge is 2.06. The molecule has 0 amide bonds. The van der Waals surface area contributed by atoms with Gasteiger partial charge in [0.1, 0.15) is 0 Å². The topological polar surface area (TPSA) is 46.2 Å². The standard InChI is InChI=1S/C9H12ClNO2S/c1-7-4-3-5-9(10)8(7)6-11-14(2,12)13/h3-5,11H,6H2,1-2H3. The first-order chi connectivity index (χ1) is 6.40. The molecule has 1 rings (SSSR count). The third-order valence-corrected chi connectivity index (χ3v) is 2.89. The van der Waals surface area contributed by atoms with E-state index in [-0.39, 0.29) is 6.54 Å². The van der Waals surface area contributed by atoms with Crippen molar-refractivity contribution < 1.29 is 8.42 Å². The van der Waals surface area contributed by atoms with Gasteiger partial charge in [0.05, 0.1) is 6.26 Å². The van der Waals surface area contributed by atoms with E-state index < -0.39 is 10.0 Å². The maximum Gasteiger partial charge on any atom is 0.209 e. The second-order valence-electron chi connectivity index (χ2n) is 3.13. The molecule has 1 aromatic carbocycles. The number of benzene rings is 1. The third-order valence-electron chi connectivity index (χ3n) is 1.86. The Labute approximate surface area is 89.1 Å². The normalized spacial score (nSPS) is 11.6. The number of halogens is 1. The molecule has 0 bridgehead atoms. The molecule has 0 spiro atoms. The summed E-state index contributed by atoms with van der Waals surface area (Å²) >= 11 is 5.92. The Morgan fingerprint density at radius 1 is 1.43 bits per heavy atom. The highest BCUT2D eigenvalue weighted by Crippen LogP contribution is 2.19. The van der Waals surface area contributed by atoms with Crippen LogP contribution in [-0.2, 0) is 16.6 Å². The molecule has 0 aliphatic rings. The monoisotopic (exact) mass is 233 g/mol. The number of aryl methyl sites for hydroxylation is 1. The molecule has 0 saturated heterocycles. The summed E-state index contributed by atoms with van der Waals surface area (Å²) in [5.41, 5.74) is 1.80. The molecule has 0 aliphatic heterocycles. The van der Waals surface area contributed by atoms with Crippen molar-refractivity contribution in [1.29, 1.82) is 0 Å². The van der Waals surface area contributed by atoms with Gasteiger partial charge in [-0.15, -0.1) is 0 Å².